The maximum atomic E-state index is 14.1. The summed E-state index contributed by atoms with van der Waals surface area (Å²) in [6, 6.07) is 20.5. The number of benzene rings is 3. The zero-order valence-corrected chi connectivity index (χ0v) is 20.5. The summed E-state index contributed by atoms with van der Waals surface area (Å²) >= 11 is 0. The molecule has 0 saturated carbocycles. The van der Waals surface area contributed by atoms with Crippen LogP contribution in [0.5, 0.6) is 11.5 Å². The lowest BCUT2D eigenvalue weighted by Gasteiger charge is -2.27. The summed E-state index contributed by atoms with van der Waals surface area (Å²) < 4.78 is 39.8. The number of fused-ring (bicyclic) bond motifs is 1. The van der Waals surface area contributed by atoms with E-state index in [-0.39, 0.29) is 22.9 Å². The van der Waals surface area contributed by atoms with E-state index in [1.807, 2.05) is 31.2 Å². The van der Waals surface area contributed by atoms with E-state index in [9.17, 15) is 13.2 Å². The number of hydroxylamine groups is 1. The number of rotatable bonds is 8. The Morgan fingerprint density at radius 1 is 1.03 bits per heavy atom. The van der Waals surface area contributed by atoms with Crippen molar-refractivity contribution in [3.05, 3.63) is 90.1 Å². The van der Waals surface area contributed by atoms with Crippen molar-refractivity contribution in [1.29, 1.82) is 0 Å². The van der Waals surface area contributed by atoms with Crippen LogP contribution in [0.4, 0.5) is 10.5 Å². The van der Waals surface area contributed by atoms with Crippen LogP contribution >= 0.6 is 0 Å². The van der Waals surface area contributed by atoms with Gasteiger partial charge < -0.3 is 9.47 Å². The topological polar surface area (TPSA) is 118 Å². The van der Waals surface area contributed by atoms with E-state index in [1.165, 1.54) is 35.2 Å². The highest BCUT2D eigenvalue weighted by Gasteiger charge is 2.31. The number of amides is 1. The molecule has 4 aromatic rings. The molecule has 0 atom stereocenters. The second kappa shape index (κ2) is 10.6. The smallest absolute Gasteiger partial charge is 0.436 e. The number of nitrogens with one attached hydrogen (secondary N) is 1. The van der Waals surface area contributed by atoms with Crippen molar-refractivity contribution >= 4 is 32.7 Å². The Morgan fingerprint density at radius 2 is 1.75 bits per heavy atom. The molecule has 1 aromatic heterocycles. The molecule has 0 fully saturated rings. The zero-order chi connectivity index (χ0) is 25.7. The van der Waals surface area contributed by atoms with Gasteiger partial charge in [0.2, 0.25) is 0 Å². The zero-order valence-electron chi connectivity index (χ0n) is 19.7. The number of hydrogen-bond donors (Lipinski definition) is 2. The largest absolute Gasteiger partial charge is 0.497 e. The van der Waals surface area contributed by atoms with Gasteiger partial charge in [-0.25, -0.2) is 18.7 Å². The predicted octanol–water partition coefficient (Wildman–Crippen LogP) is 4.68. The van der Waals surface area contributed by atoms with Gasteiger partial charge in [-0.1, -0.05) is 55.5 Å². The molecule has 10 heteroatoms. The Balaban J connectivity index is 2.01. The van der Waals surface area contributed by atoms with Crippen LogP contribution in [0.2, 0.25) is 0 Å². The monoisotopic (exact) mass is 507 g/mol. The number of carbonyl (C=O) groups is 1. The Labute approximate surface area is 208 Å². The van der Waals surface area contributed by atoms with Crippen molar-refractivity contribution in [2.24, 2.45) is 0 Å². The van der Waals surface area contributed by atoms with Crippen LogP contribution in [0.3, 0.4) is 0 Å². The number of para-hydroxylation sites is 1. The maximum absolute atomic E-state index is 14.1. The number of pyridine rings is 1. The fourth-order valence-corrected chi connectivity index (χ4v) is 5.38. The van der Waals surface area contributed by atoms with Crippen molar-refractivity contribution in [2.75, 3.05) is 11.4 Å². The van der Waals surface area contributed by atoms with Crippen molar-refractivity contribution in [1.82, 2.24) is 10.5 Å². The molecule has 1 amide bonds. The molecular weight excluding hydrogens is 482 g/mol. The summed E-state index contributed by atoms with van der Waals surface area (Å²) in [5.41, 5.74) is 3.72. The summed E-state index contributed by atoms with van der Waals surface area (Å²) in [5, 5.41) is 9.53. The average molecular weight is 508 g/mol. The van der Waals surface area contributed by atoms with Crippen molar-refractivity contribution in [2.45, 2.75) is 24.8 Å². The van der Waals surface area contributed by atoms with Crippen LogP contribution in [0.25, 0.3) is 10.9 Å². The van der Waals surface area contributed by atoms with Crippen molar-refractivity contribution < 1.29 is 27.9 Å². The second-order valence-corrected chi connectivity index (χ2v) is 9.67. The molecule has 36 heavy (non-hydrogen) atoms. The van der Waals surface area contributed by atoms with Gasteiger partial charge >= 0.3 is 6.09 Å². The van der Waals surface area contributed by atoms with Crippen LogP contribution < -0.4 is 19.3 Å². The van der Waals surface area contributed by atoms with Gasteiger partial charge in [-0.15, -0.1) is 0 Å². The molecule has 0 aliphatic carbocycles. The molecule has 0 aliphatic heterocycles. The van der Waals surface area contributed by atoms with Crippen LogP contribution in [0, 0.1) is 0 Å². The SMILES string of the molecule is CCc1cccc2c(N(Cc3ccccc3)S(=O)(=O)c3ccc(OC)cc3)c(OC(=O)NO)cnc12. The van der Waals surface area contributed by atoms with E-state index in [2.05, 4.69) is 4.98 Å². The first-order valence-corrected chi connectivity index (χ1v) is 12.6. The van der Waals surface area contributed by atoms with Gasteiger partial charge in [0.15, 0.2) is 5.75 Å². The van der Waals surface area contributed by atoms with Crippen LogP contribution in [-0.4, -0.2) is 31.8 Å². The average Bonchev–Trinajstić information content (AvgIpc) is 2.91. The van der Waals surface area contributed by atoms with E-state index in [0.717, 1.165) is 5.56 Å². The Bertz CT molecular complexity index is 1480. The third-order valence-electron chi connectivity index (χ3n) is 5.66. The van der Waals surface area contributed by atoms with Crippen molar-refractivity contribution in [3.63, 3.8) is 0 Å². The van der Waals surface area contributed by atoms with Gasteiger partial charge in [0.05, 0.1) is 30.3 Å². The number of hydrogen-bond acceptors (Lipinski definition) is 7. The van der Waals surface area contributed by atoms with E-state index in [4.69, 9.17) is 14.7 Å². The molecule has 0 radical (unpaired) electrons. The van der Waals surface area contributed by atoms with E-state index >= 15 is 0 Å². The van der Waals surface area contributed by atoms with Gasteiger partial charge in [0.1, 0.15) is 11.4 Å². The molecule has 0 aliphatic rings. The van der Waals surface area contributed by atoms with Crippen LogP contribution in [0.15, 0.2) is 83.9 Å². The van der Waals surface area contributed by atoms with Crippen LogP contribution in [0.1, 0.15) is 18.1 Å². The minimum Gasteiger partial charge on any atom is -0.497 e. The molecule has 4 rings (SSSR count). The lowest BCUT2D eigenvalue weighted by atomic mass is 10.1. The number of carbonyl (C=O) groups excluding carboxylic acids is 1. The number of methoxy groups -OCH3 is 1. The molecule has 3 aromatic carbocycles. The molecule has 0 spiro atoms. The summed E-state index contributed by atoms with van der Waals surface area (Å²) in [6.07, 6.45) is 0.768. The molecule has 9 nitrogen and oxygen atoms in total. The van der Waals surface area contributed by atoms with Gasteiger partial charge in [0.25, 0.3) is 10.0 Å². The Hall–Kier alpha value is -4.15. The van der Waals surface area contributed by atoms with Gasteiger partial charge in [-0.05, 0) is 41.8 Å². The van der Waals surface area contributed by atoms with Gasteiger partial charge in [0, 0.05) is 5.39 Å². The van der Waals surface area contributed by atoms with Gasteiger partial charge in [-0.2, -0.15) is 0 Å². The lowest BCUT2D eigenvalue weighted by molar-refractivity contribution is 0.127. The summed E-state index contributed by atoms with van der Waals surface area (Å²) in [7, 11) is -2.68. The fourth-order valence-electron chi connectivity index (χ4n) is 3.90. The van der Waals surface area contributed by atoms with Gasteiger partial charge in [-0.3, -0.25) is 14.5 Å². The normalized spacial score (nSPS) is 11.2. The van der Waals surface area contributed by atoms with Crippen LogP contribution in [-0.2, 0) is 23.0 Å². The number of aromatic nitrogens is 1. The highest BCUT2D eigenvalue weighted by molar-refractivity contribution is 7.92. The first-order chi connectivity index (χ1) is 17.4. The highest BCUT2D eigenvalue weighted by Crippen LogP contribution is 2.40. The molecule has 0 unspecified atom stereocenters. The highest BCUT2D eigenvalue weighted by atomic mass is 32.2. The standard InChI is InChI=1S/C26H25N3O6S/c1-3-19-10-7-11-22-24(19)27-16-23(35-26(30)28-31)25(22)29(17-18-8-5-4-6-9-18)36(32,33)21-14-12-20(34-2)13-15-21/h4-16,31H,3,17H2,1-2H3,(H,28,30). The Morgan fingerprint density at radius 3 is 2.39 bits per heavy atom. The molecule has 186 valence electrons. The second-order valence-electron chi connectivity index (χ2n) is 7.81. The third-order valence-corrected chi connectivity index (χ3v) is 7.42. The third kappa shape index (κ3) is 4.95. The van der Waals surface area contributed by atoms with E-state index in [0.29, 0.717) is 28.6 Å². The number of sulfonamides is 1. The number of ether oxygens (including phenoxy) is 2. The minimum absolute atomic E-state index is 0.0217. The fraction of sp³-hybridized carbons (Fsp3) is 0.154. The number of aryl methyl sites for hydroxylation is 1. The Kier molecular flexibility index (Phi) is 7.37. The summed E-state index contributed by atoms with van der Waals surface area (Å²) in [4.78, 5) is 16.4. The minimum atomic E-state index is -4.18. The molecule has 2 N–H and O–H groups in total. The maximum Gasteiger partial charge on any atom is 0.436 e. The summed E-state index contributed by atoms with van der Waals surface area (Å²) in [5.74, 6) is 0.379. The predicted molar refractivity (Wildman–Crippen MR) is 135 cm³/mol. The van der Waals surface area contributed by atoms with E-state index in [1.54, 1.807) is 36.4 Å². The number of nitrogens with zero attached hydrogens (tertiary/aromatic N) is 2. The number of anilines is 1. The van der Waals surface area contributed by atoms with Crippen molar-refractivity contribution in [3.8, 4) is 11.5 Å². The first kappa shape index (κ1) is 25.0. The molecule has 0 saturated heterocycles. The first-order valence-electron chi connectivity index (χ1n) is 11.1. The molecule has 1 heterocycles. The lowest BCUT2D eigenvalue weighted by Crippen LogP contribution is -2.32. The molecule has 0 bridgehead atoms. The molecular formula is C26H25N3O6S. The van der Waals surface area contributed by atoms with E-state index < -0.39 is 16.1 Å². The quantitative estimate of drug-likeness (QED) is 0.263. The summed E-state index contributed by atoms with van der Waals surface area (Å²) in [6.45, 7) is 1.91.